The van der Waals surface area contributed by atoms with E-state index in [0.717, 1.165) is 16.9 Å². The quantitative estimate of drug-likeness (QED) is 0.408. The van der Waals surface area contributed by atoms with Crippen LogP contribution < -0.4 is 4.74 Å². The second kappa shape index (κ2) is 7.52. The highest BCUT2D eigenvalue weighted by Gasteiger charge is 2.22. The molecule has 1 aliphatic heterocycles. The van der Waals surface area contributed by atoms with Gasteiger partial charge in [0.1, 0.15) is 17.3 Å². The van der Waals surface area contributed by atoms with Crippen LogP contribution in [0.2, 0.25) is 5.02 Å². The van der Waals surface area contributed by atoms with Gasteiger partial charge in [0.15, 0.2) is 0 Å². The van der Waals surface area contributed by atoms with Gasteiger partial charge >= 0.3 is 5.97 Å². The van der Waals surface area contributed by atoms with Crippen molar-refractivity contribution >= 4 is 29.4 Å². The molecule has 0 fully saturated rings. The molecular weight excluding hydrogens is 360 g/mol. The second-order valence-electron chi connectivity index (χ2n) is 5.99. The van der Waals surface area contributed by atoms with E-state index in [1.807, 2.05) is 66.7 Å². The van der Waals surface area contributed by atoms with E-state index in [4.69, 9.17) is 21.1 Å². The van der Waals surface area contributed by atoms with Gasteiger partial charge in [-0.15, -0.1) is 0 Å². The first kappa shape index (κ1) is 17.1. The SMILES string of the molecule is O=C1OC(c2ccc(Oc3ccccc3)cc2)=C/C1=C/c1ccc(Cl)cc1. The number of ether oxygens (including phenoxy) is 2. The van der Waals surface area contributed by atoms with Crippen LogP contribution in [0.15, 0.2) is 90.5 Å². The maximum atomic E-state index is 12.1. The molecule has 0 spiro atoms. The number of esters is 1. The normalized spacial score (nSPS) is 14.8. The summed E-state index contributed by atoms with van der Waals surface area (Å²) in [6.07, 6.45) is 3.52. The molecule has 0 amide bonds. The lowest BCUT2D eigenvalue weighted by Gasteiger charge is -2.06. The van der Waals surface area contributed by atoms with Crippen LogP contribution in [0.5, 0.6) is 11.5 Å². The minimum Gasteiger partial charge on any atom is -0.457 e. The molecule has 0 atom stereocenters. The lowest BCUT2D eigenvalue weighted by Crippen LogP contribution is -1.97. The van der Waals surface area contributed by atoms with E-state index >= 15 is 0 Å². The Balaban J connectivity index is 1.53. The van der Waals surface area contributed by atoms with Crippen molar-refractivity contribution < 1.29 is 14.3 Å². The maximum Gasteiger partial charge on any atom is 0.343 e. The van der Waals surface area contributed by atoms with Crippen molar-refractivity contribution in [1.82, 2.24) is 0 Å². The van der Waals surface area contributed by atoms with Gasteiger partial charge in [0, 0.05) is 10.6 Å². The molecule has 0 saturated heterocycles. The van der Waals surface area contributed by atoms with Crippen LogP contribution in [0.25, 0.3) is 11.8 Å². The third-order valence-corrected chi connectivity index (χ3v) is 4.29. The Kier molecular flexibility index (Phi) is 4.77. The fourth-order valence-corrected chi connectivity index (χ4v) is 2.81. The molecule has 3 aromatic rings. The standard InChI is InChI=1S/C23H15ClO3/c24-19-10-6-16(7-11-19)14-18-15-22(27-23(18)25)17-8-12-21(13-9-17)26-20-4-2-1-3-5-20/h1-15H/b18-14-. The molecule has 3 aromatic carbocycles. The Bertz CT molecular complexity index is 1020. The van der Waals surface area contributed by atoms with E-state index in [-0.39, 0.29) is 5.97 Å². The first-order chi connectivity index (χ1) is 13.2. The summed E-state index contributed by atoms with van der Waals surface area (Å²) < 4.78 is 11.2. The Hall–Kier alpha value is -3.30. The number of benzene rings is 3. The fourth-order valence-electron chi connectivity index (χ4n) is 2.68. The zero-order valence-corrected chi connectivity index (χ0v) is 15.0. The second-order valence-corrected chi connectivity index (χ2v) is 6.43. The van der Waals surface area contributed by atoms with E-state index < -0.39 is 0 Å². The molecule has 0 aromatic heterocycles. The number of carbonyl (C=O) groups is 1. The number of hydrogen-bond acceptors (Lipinski definition) is 3. The molecule has 132 valence electrons. The summed E-state index contributed by atoms with van der Waals surface area (Å²) in [5, 5.41) is 0.653. The van der Waals surface area contributed by atoms with Gasteiger partial charge in [0.25, 0.3) is 0 Å². The lowest BCUT2D eigenvalue weighted by molar-refractivity contribution is -0.130. The number of cyclic esters (lactones) is 1. The van der Waals surface area contributed by atoms with Crippen LogP contribution in [-0.2, 0) is 9.53 Å². The van der Waals surface area contributed by atoms with Gasteiger partial charge in [-0.1, -0.05) is 41.9 Å². The third-order valence-electron chi connectivity index (χ3n) is 4.03. The van der Waals surface area contributed by atoms with Crippen molar-refractivity contribution in [3.05, 3.63) is 107 Å². The van der Waals surface area contributed by atoms with Crippen LogP contribution in [-0.4, -0.2) is 5.97 Å². The monoisotopic (exact) mass is 374 g/mol. The van der Waals surface area contributed by atoms with E-state index in [0.29, 0.717) is 22.1 Å². The summed E-state index contributed by atoms with van der Waals surface area (Å²) in [7, 11) is 0. The Morgan fingerprint density at radius 1 is 0.815 bits per heavy atom. The van der Waals surface area contributed by atoms with Crippen LogP contribution in [0, 0.1) is 0 Å². The van der Waals surface area contributed by atoms with Gasteiger partial charge in [-0.3, -0.25) is 0 Å². The third kappa shape index (κ3) is 4.10. The average molecular weight is 375 g/mol. The maximum absolute atomic E-state index is 12.1. The summed E-state index contributed by atoms with van der Waals surface area (Å²) in [6, 6.07) is 24.2. The number of rotatable bonds is 4. The highest BCUT2D eigenvalue weighted by Crippen LogP contribution is 2.29. The Morgan fingerprint density at radius 3 is 2.19 bits per heavy atom. The predicted molar refractivity (Wildman–Crippen MR) is 106 cm³/mol. The van der Waals surface area contributed by atoms with Gasteiger partial charge < -0.3 is 9.47 Å². The molecule has 0 bridgehead atoms. The summed E-state index contributed by atoms with van der Waals surface area (Å²) in [4.78, 5) is 12.1. The van der Waals surface area contributed by atoms with E-state index in [1.54, 1.807) is 24.3 Å². The molecule has 0 saturated carbocycles. The number of para-hydroxylation sites is 1. The van der Waals surface area contributed by atoms with Crippen LogP contribution >= 0.6 is 11.6 Å². The van der Waals surface area contributed by atoms with Crippen LogP contribution in [0.4, 0.5) is 0 Å². The number of carbonyl (C=O) groups excluding carboxylic acids is 1. The Morgan fingerprint density at radius 2 is 1.48 bits per heavy atom. The number of hydrogen-bond donors (Lipinski definition) is 0. The van der Waals surface area contributed by atoms with Crippen molar-refractivity contribution in [2.45, 2.75) is 0 Å². The van der Waals surface area contributed by atoms with Crippen molar-refractivity contribution in [3.8, 4) is 11.5 Å². The smallest absolute Gasteiger partial charge is 0.343 e. The molecule has 4 heteroatoms. The van der Waals surface area contributed by atoms with E-state index in [1.165, 1.54) is 0 Å². The first-order valence-corrected chi connectivity index (χ1v) is 8.80. The van der Waals surface area contributed by atoms with Crippen molar-refractivity contribution in [2.24, 2.45) is 0 Å². The molecule has 0 radical (unpaired) electrons. The van der Waals surface area contributed by atoms with Crippen LogP contribution in [0.1, 0.15) is 11.1 Å². The molecule has 0 unspecified atom stereocenters. The highest BCUT2D eigenvalue weighted by atomic mass is 35.5. The molecule has 1 aliphatic rings. The predicted octanol–water partition coefficient (Wildman–Crippen LogP) is 6.11. The molecule has 27 heavy (non-hydrogen) atoms. The molecule has 3 nitrogen and oxygen atoms in total. The minimum atomic E-state index is -0.371. The van der Waals surface area contributed by atoms with Gasteiger partial charge in [-0.25, -0.2) is 4.79 Å². The summed E-state index contributed by atoms with van der Waals surface area (Å²) in [5.41, 5.74) is 2.19. The largest absolute Gasteiger partial charge is 0.457 e. The highest BCUT2D eigenvalue weighted by molar-refractivity contribution is 6.30. The number of halogens is 1. The van der Waals surface area contributed by atoms with E-state index in [9.17, 15) is 4.79 Å². The van der Waals surface area contributed by atoms with Gasteiger partial charge in [-0.05, 0) is 66.2 Å². The summed E-state index contributed by atoms with van der Waals surface area (Å²) >= 11 is 5.89. The topological polar surface area (TPSA) is 35.5 Å². The first-order valence-electron chi connectivity index (χ1n) is 8.42. The minimum absolute atomic E-state index is 0.371. The fraction of sp³-hybridized carbons (Fsp3) is 0. The summed E-state index contributed by atoms with van der Waals surface area (Å²) in [6.45, 7) is 0. The molecule has 1 heterocycles. The van der Waals surface area contributed by atoms with Gasteiger partial charge in [-0.2, -0.15) is 0 Å². The van der Waals surface area contributed by atoms with Crippen molar-refractivity contribution in [3.63, 3.8) is 0 Å². The molecular formula is C23H15ClO3. The van der Waals surface area contributed by atoms with Crippen molar-refractivity contribution in [1.29, 1.82) is 0 Å². The van der Waals surface area contributed by atoms with Gasteiger partial charge in [0.2, 0.25) is 0 Å². The zero-order valence-electron chi connectivity index (χ0n) is 14.3. The van der Waals surface area contributed by atoms with Gasteiger partial charge in [0.05, 0.1) is 5.57 Å². The van der Waals surface area contributed by atoms with Crippen molar-refractivity contribution in [2.75, 3.05) is 0 Å². The molecule has 4 rings (SSSR count). The van der Waals surface area contributed by atoms with E-state index in [2.05, 4.69) is 0 Å². The molecule has 0 aliphatic carbocycles. The van der Waals surface area contributed by atoms with Crippen LogP contribution in [0.3, 0.4) is 0 Å². The Labute approximate surface area is 162 Å². The average Bonchev–Trinajstić information content (AvgIpc) is 3.05. The molecule has 0 N–H and O–H groups in total. The lowest BCUT2D eigenvalue weighted by atomic mass is 10.1. The summed E-state index contributed by atoms with van der Waals surface area (Å²) in [5.74, 6) is 1.63. The zero-order chi connectivity index (χ0) is 18.6.